The average Bonchev–Trinajstić information content (AvgIpc) is 3.08. The lowest BCUT2D eigenvalue weighted by Gasteiger charge is -2.39. The second-order valence-electron chi connectivity index (χ2n) is 7.74. The number of ether oxygens (including phenoxy) is 3. The number of hydrogen-bond donors (Lipinski definition) is 2. The van der Waals surface area contributed by atoms with Crippen molar-refractivity contribution in [3.63, 3.8) is 0 Å². The molecule has 4 heterocycles. The summed E-state index contributed by atoms with van der Waals surface area (Å²) in [6.07, 6.45) is -0.948. The minimum Gasteiger partial charge on any atom is -0.484 e. The summed E-state index contributed by atoms with van der Waals surface area (Å²) in [7, 11) is 1.54. The predicted octanol–water partition coefficient (Wildman–Crippen LogP) is 0.668. The Morgan fingerprint density at radius 3 is 2.87 bits per heavy atom. The Balaban J connectivity index is 1.53. The number of ketones is 2. The summed E-state index contributed by atoms with van der Waals surface area (Å²) in [5.74, 6) is -1.28. The van der Waals surface area contributed by atoms with Crippen LogP contribution in [0.4, 0.5) is 4.79 Å². The zero-order chi connectivity index (χ0) is 21.2. The molecule has 1 amide bonds. The molecule has 5 rings (SSSR count). The number of amides is 1. The van der Waals surface area contributed by atoms with Crippen LogP contribution in [-0.2, 0) is 30.4 Å². The van der Waals surface area contributed by atoms with Crippen molar-refractivity contribution in [1.29, 1.82) is 0 Å². The topological polar surface area (TPSA) is 130 Å². The lowest BCUT2D eigenvalue weighted by molar-refractivity contribution is -0.137. The van der Waals surface area contributed by atoms with Gasteiger partial charge in [-0.25, -0.2) is 4.79 Å². The van der Waals surface area contributed by atoms with Crippen LogP contribution in [-0.4, -0.2) is 60.6 Å². The van der Waals surface area contributed by atoms with Crippen molar-refractivity contribution in [3.05, 3.63) is 45.0 Å². The fourth-order valence-corrected chi connectivity index (χ4v) is 5.60. The highest BCUT2D eigenvalue weighted by Gasteiger charge is 2.72. The van der Waals surface area contributed by atoms with E-state index in [4.69, 9.17) is 19.9 Å². The van der Waals surface area contributed by atoms with Gasteiger partial charge < -0.3 is 30.2 Å². The van der Waals surface area contributed by atoms with Crippen LogP contribution in [0.1, 0.15) is 11.8 Å². The van der Waals surface area contributed by atoms with Gasteiger partial charge in [0.25, 0.3) is 0 Å². The van der Waals surface area contributed by atoms with E-state index in [1.165, 1.54) is 18.4 Å². The number of hydrogen-bond acceptors (Lipinski definition) is 9. The second kappa shape index (κ2) is 6.66. The van der Waals surface area contributed by atoms with Crippen LogP contribution in [0.5, 0.6) is 0 Å². The smallest absolute Gasteiger partial charge is 0.404 e. The van der Waals surface area contributed by atoms with Crippen molar-refractivity contribution in [3.8, 4) is 0 Å². The maximum atomic E-state index is 13.5. The van der Waals surface area contributed by atoms with Crippen LogP contribution >= 0.6 is 11.3 Å². The summed E-state index contributed by atoms with van der Waals surface area (Å²) in [5, 5.41) is 5.24. The van der Waals surface area contributed by atoms with Gasteiger partial charge in [0.15, 0.2) is 11.5 Å². The lowest BCUT2D eigenvalue weighted by atomic mass is 9.83. The molecule has 2 fully saturated rings. The summed E-state index contributed by atoms with van der Waals surface area (Å²) in [6, 6.07) is 3.86. The molecule has 0 aromatic carbocycles. The van der Waals surface area contributed by atoms with Crippen LogP contribution in [0, 0.1) is 5.92 Å². The van der Waals surface area contributed by atoms with Gasteiger partial charge in [-0.05, 0) is 18.4 Å². The molecule has 0 saturated carbocycles. The van der Waals surface area contributed by atoms with E-state index in [0.29, 0.717) is 12.2 Å². The Labute approximate surface area is 176 Å². The SMILES string of the molecule is CO[C@@]12C(COC(N)=O)C3=C(C(=O)C(C)=C(OCc4cccs4)C3=O)N1CC1NC12. The highest BCUT2D eigenvalue weighted by molar-refractivity contribution is 7.09. The van der Waals surface area contributed by atoms with Crippen molar-refractivity contribution in [2.24, 2.45) is 11.7 Å². The number of methoxy groups -OCH3 is 1. The van der Waals surface area contributed by atoms with E-state index >= 15 is 0 Å². The Morgan fingerprint density at radius 1 is 1.40 bits per heavy atom. The predicted molar refractivity (Wildman–Crippen MR) is 105 cm³/mol. The molecule has 1 aliphatic carbocycles. The summed E-state index contributed by atoms with van der Waals surface area (Å²) < 4.78 is 16.8. The number of nitrogens with zero attached hydrogens (tertiary/aromatic N) is 1. The number of allylic oxidation sites excluding steroid dienone is 2. The molecule has 10 heteroatoms. The molecule has 4 atom stereocenters. The normalized spacial score (nSPS) is 31.7. The Morgan fingerprint density at radius 2 is 2.20 bits per heavy atom. The first-order chi connectivity index (χ1) is 14.4. The molecule has 2 saturated heterocycles. The number of Topliss-reactive ketones (excluding diaryl/α,β-unsaturated/α-hetero) is 2. The van der Waals surface area contributed by atoms with Crippen LogP contribution in [0.2, 0.25) is 0 Å². The minimum absolute atomic E-state index is 0.0314. The van der Waals surface area contributed by atoms with Crippen molar-refractivity contribution in [2.45, 2.75) is 31.3 Å². The van der Waals surface area contributed by atoms with Crippen LogP contribution in [0.15, 0.2) is 40.1 Å². The molecular formula is C20H21N3O6S. The fourth-order valence-electron chi connectivity index (χ4n) is 4.98. The Kier molecular flexibility index (Phi) is 4.28. The summed E-state index contributed by atoms with van der Waals surface area (Å²) in [5.41, 5.74) is 5.05. The van der Waals surface area contributed by atoms with Crippen LogP contribution in [0.3, 0.4) is 0 Å². The number of piperazine rings is 1. The molecule has 0 bridgehead atoms. The number of fused-ring (bicyclic) bond motifs is 4. The fraction of sp³-hybridized carbons (Fsp3) is 0.450. The van der Waals surface area contributed by atoms with Crippen LogP contribution in [0.25, 0.3) is 0 Å². The average molecular weight is 431 g/mol. The molecule has 30 heavy (non-hydrogen) atoms. The number of carbonyl (C=O) groups is 3. The number of nitrogens with one attached hydrogen (secondary N) is 1. The number of rotatable bonds is 6. The van der Waals surface area contributed by atoms with Gasteiger partial charge in [0, 0.05) is 35.7 Å². The molecule has 3 aliphatic heterocycles. The third-order valence-electron chi connectivity index (χ3n) is 6.31. The van der Waals surface area contributed by atoms with Crippen molar-refractivity contribution >= 4 is 29.0 Å². The molecule has 3 N–H and O–H groups in total. The van der Waals surface area contributed by atoms with Crippen molar-refractivity contribution < 1.29 is 28.6 Å². The molecular weight excluding hydrogens is 410 g/mol. The summed E-state index contributed by atoms with van der Waals surface area (Å²) >= 11 is 1.50. The number of thiophene rings is 1. The number of nitrogens with two attached hydrogens (primary N) is 1. The first kappa shape index (κ1) is 19.3. The van der Waals surface area contributed by atoms with Crippen molar-refractivity contribution in [2.75, 3.05) is 20.3 Å². The van der Waals surface area contributed by atoms with Gasteiger partial charge in [0.05, 0.1) is 17.7 Å². The molecule has 3 unspecified atom stereocenters. The third-order valence-corrected chi connectivity index (χ3v) is 7.16. The Hall–Kier alpha value is -2.69. The first-order valence-electron chi connectivity index (χ1n) is 9.60. The maximum absolute atomic E-state index is 13.5. The van der Waals surface area contributed by atoms with Crippen LogP contribution < -0.4 is 11.1 Å². The Bertz CT molecular complexity index is 1020. The zero-order valence-corrected chi connectivity index (χ0v) is 17.3. The van der Waals surface area contributed by atoms with Gasteiger partial charge in [-0.1, -0.05) is 6.07 Å². The number of carbonyl (C=O) groups excluding carboxylic acids is 3. The molecule has 4 aliphatic rings. The lowest BCUT2D eigenvalue weighted by Crippen LogP contribution is -2.55. The zero-order valence-electron chi connectivity index (χ0n) is 16.5. The molecule has 9 nitrogen and oxygen atoms in total. The summed E-state index contributed by atoms with van der Waals surface area (Å²) in [6.45, 7) is 2.16. The minimum atomic E-state index is -0.987. The molecule has 0 radical (unpaired) electrons. The van der Waals surface area contributed by atoms with E-state index in [1.807, 2.05) is 22.4 Å². The van der Waals surface area contributed by atoms with Gasteiger partial charge in [-0.3, -0.25) is 9.59 Å². The van der Waals surface area contributed by atoms with E-state index in [1.54, 1.807) is 6.92 Å². The standard InChI is InChI=1S/C20H21N3O6S/c1-9-15(24)14-13(16(25)17(9)28-7-10-4-3-5-30-10)11(8-29-19(21)26)20(27-2)18-12(22-18)6-23(14)20/h3-5,11-12,18,22H,6-8H2,1-2H3,(H2,21,26)/t11?,12?,18?,20-/m1/s1. The van der Waals surface area contributed by atoms with Crippen molar-refractivity contribution in [1.82, 2.24) is 10.2 Å². The monoisotopic (exact) mass is 431 g/mol. The van der Waals surface area contributed by atoms with Gasteiger partial charge in [0.2, 0.25) is 11.6 Å². The quantitative estimate of drug-likeness (QED) is 0.496. The van der Waals surface area contributed by atoms with E-state index < -0.39 is 17.7 Å². The van der Waals surface area contributed by atoms with Gasteiger partial charge >= 0.3 is 6.09 Å². The van der Waals surface area contributed by atoms with E-state index in [0.717, 1.165) is 4.88 Å². The summed E-state index contributed by atoms with van der Waals surface area (Å²) in [4.78, 5) is 41.0. The first-order valence-corrected chi connectivity index (χ1v) is 10.5. The second-order valence-corrected chi connectivity index (χ2v) is 8.77. The van der Waals surface area contributed by atoms with Gasteiger partial charge in [-0.15, -0.1) is 11.3 Å². The molecule has 1 aromatic heterocycles. The van der Waals surface area contributed by atoms with Gasteiger partial charge in [-0.2, -0.15) is 0 Å². The molecule has 0 spiro atoms. The highest BCUT2D eigenvalue weighted by Crippen LogP contribution is 2.55. The van der Waals surface area contributed by atoms with E-state index in [2.05, 4.69) is 5.32 Å². The number of primary amides is 1. The largest absolute Gasteiger partial charge is 0.484 e. The van der Waals surface area contributed by atoms with E-state index in [9.17, 15) is 14.4 Å². The highest BCUT2D eigenvalue weighted by atomic mass is 32.1. The molecule has 1 aromatic rings. The third kappa shape index (κ3) is 2.50. The molecule has 158 valence electrons. The van der Waals surface area contributed by atoms with E-state index in [-0.39, 0.29) is 53.8 Å². The van der Waals surface area contributed by atoms with Gasteiger partial charge in [0.1, 0.15) is 13.2 Å². The maximum Gasteiger partial charge on any atom is 0.404 e.